The van der Waals surface area contributed by atoms with Gasteiger partial charge in [-0.25, -0.2) is 8.42 Å². The Bertz CT molecular complexity index is 399. The number of sulfone groups is 1. The highest BCUT2D eigenvalue weighted by atomic mass is 32.2. The molecule has 0 aromatic carbocycles. The fraction of sp³-hybridized carbons (Fsp3) is 1.00. The molecule has 118 valence electrons. The predicted molar refractivity (Wildman–Crippen MR) is 84.6 cm³/mol. The van der Waals surface area contributed by atoms with Crippen LogP contribution in [0.5, 0.6) is 0 Å². The van der Waals surface area contributed by atoms with Crippen LogP contribution in [0.1, 0.15) is 65.7 Å². The minimum absolute atomic E-state index is 0.0560. The SMILES string of the molecule is CCNC1CCC(C(C)C)CC1S(=O)(=O)C1CCCC1. The van der Waals surface area contributed by atoms with Crippen LogP contribution in [-0.2, 0) is 9.84 Å². The first-order valence-electron chi connectivity index (χ1n) is 8.42. The van der Waals surface area contributed by atoms with E-state index in [1.165, 1.54) is 6.42 Å². The third kappa shape index (κ3) is 3.38. The summed E-state index contributed by atoms with van der Waals surface area (Å²) in [4.78, 5) is 0. The molecule has 0 aromatic rings. The van der Waals surface area contributed by atoms with Crippen molar-refractivity contribution in [1.82, 2.24) is 5.32 Å². The first kappa shape index (κ1) is 16.3. The highest BCUT2D eigenvalue weighted by molar-refractivity contribution is 7.92. The van der Waals surface area contributed by atoms with E-state index in [2.05, 4.69) is 26.1 Å². The minimum atomic E-state index is -2.96. The van der Waals surface area contributed by atoms with E-state index in [1.54, 1.807) is 0 Å². The largest absolute Gasteiger partial charge is 0.313 e. The van der Waals surface area contributed by atoms with E-state index in [1.807, 2.05) is 0 Å². The van der Waals surface area contributed by atoms with Crippen molar-refractivity contribution in [2.45, 2.75) is 82.3 Å². The van der Waals surface area contributed by atoms with E-state index in [0.29, 0.717) is 11.8 Å². The van der Waals surface area contributed by atoms with Gasteiger partial charge in [-0.2, -0.15) is 0 Å². The fourth-order valence-corrected chi connectivity index (χ4v) is 6.78. The molecule has 0 heterocycles. The molecule has 2 saturated carbocycles. The fourth-order valence-electron chi connectivity index (χ4n) is 4.09. The van der Waals surface area contributed by atoms with Crippen LogP contribution in [0.2, 0.25) is 0 Å². The van der Waals surface area contributed by atoms with Gasteiger partial charge >= 0.3 is 0 Å². The lowest BCUT2D eigenvalue weighted by Gasteiger charge is -2.39. The first-order chi connectivity index (χ1) is 9.46. The van der Waals surface area contributed by atoms with Crippen molar-refractivity contribution in [3.05, 3.63) is 0 Å². The van der Waals surface area contributed by atoms with Gasteiger partial charge in [-0.3, -0.25) is 0 Å². The third-order valence-corrected chi connectivity index (χ3v) is 8.20. The zero-order valence-electron chi connectivity index (χ0n) is 13.3. The summed E-state index contributed by atoms with van der Waals surface area (Å²) >= 11 is 0. The zero-order valence-corrected chi connectivity index (χ0v) is 14.1. The smallest absolute Gasteiger partial charge is 0.157 e. The van der Waals surface area contributed by atoms with Crippen molar-refractivity contribution in [3.8, 4) is 0 Å². The average Bonchev–Trinajstić information content (AvgIpc) is 2.93. The molecule has 0 amide bonds. The van der Waals surface area contributed by atoms with Gasteiger partial charge in [0.1, 0.15) is 0 Å². The molecule has 0 spiro atoms. The topological polar surface area (TPSA) is 46.2 Å². The molecule has 0 aliphatic heterocycles. The molecule has 0 saturated heterocycles. The Balaban J connectivity index is 2.17. The van der Waals surface area contributed by atoms with E-state index in [9.17, 15) is 8.42 Å². The maximum absolute atomic E-state index is 13.0. The Morgan fingerprint density at radius 2 is 1.75 bits per heavy atom. The molecule has 20 heavy (non-hydrogen) atoms. The van der Waals surface area contributed by atoms with Gasteiger partial charge in [-0.05, 0) is 50.5 Å². The summed E-state index contributed by atoms with van der Waals surface area (Å²) in [5.41, 5.74) is 0. The van der Waals surface area contributed by atoms with Crippen LogP contribution < -0.4 is 5.32 Å². The lowest BCUT2D eigenvalue weighted by molar-refractivity contribution is 0.241. The summed E-state index contributed by atoms with van der Waals surface area (Å²) in [5.74, 6) is 1.17. The second-order valence-corrected chi connectivity index (χ2v) is 9.47. The monoisotopic (exact) mass is 301 g/mol. The van der Waals surface area contributed by atoms with Gasteiger partial charge in [0.2, 0.25) is 0 Å². The number of nitrogens with one attached hydrogen (secondary N) is 1. The minimum Gasteiger partial charge on any atom is -0.313 e. The molecule has 2 aliphatic carbocycles. The molecule has 2 aliphatic rings. The molecule has 4 heteroatoms. The number of hydrogen-bond acceptors (Lipinski definition) is 3. The van der Waals surface area contributed by atoms with Crippen molar-refractivity contribution < 1.29 is 8.42 Å². The summed E-state index contributed by atoms with van der Waals surface area (Å²) in [5, 5.41) is 3.24. The van der Waals surface area contributed by atoms with E-state index in [4.69, 9.17) is 0 Å². The summed E-state index contributed by atoms with van der Waals surface area (Å²) in [6.07, 6.45) is 7.04. The van der Waals surface area contributed by atoms with Crippen molar-refractivity contribution >= 4 is 9.84 Å². The van der Waals surface area contributed by atoms with Crippen LogP contribution in [0.4, 0.5) is 0 Å². The van der Waals surface area contributed by atoms with Crippen molar-refractivity contribution in [1.29, 1.82) is 0 Å². The van der Waals surface area contributed by atoms with Gasteiger partial charge in [-0.15, -0.1) is 0 Å². The predicted octanol–water partition coefficient (Wildman–Crippen LogP) is 3.15. The Morgan fingerprint density at radius 1 is 1.10 bits per heavy atom. The quantitative estimate of drug-likeness (QED) is 0.848. The van der Waals surface area contributed by atoms with E-state index in [-0.39, 0.29) is 16.5 Å². The Hall–Kier alpha value is -0.0900. The Kier molecular flexibility index (Phi) is 5.52. The van der Waals surface area contributed by atoms with E-state index >= 15 is 0 Å². The molecule has 3 unspecified atom stereocenters. The van der Waals surface area contributed by atoms with Crippen LogP contribution in [-0.4, -0.2) is 31.5 Å². The molecular weight excluding hydrogens is 270 g/mol. The average molecular weight is 301 g/mol. The van der Waals surface area contributed by atoms with Crippen LogP contribution in [0, 0.1) is 11.8 Å². The highest BCUT2D eigenvalue weighted by Gasteiger charge is 2.43. The molecule has 0 aromatic heterocycles. The van der Waals surface area contributed by atoms with Gasteiger partial charge in [0.15, 0.2) is 9.84 Å². The first-order valence-corrected chi connectivity index (χ1v) is 10.0. The van der Waals surface area contributed by atoms with Gasteiger partial charge in [-0.1, -0.05) is 33.6 Å². The summed E-state index contributed by atoms with van der Waals surface area (Å²) in [6, 6.07) is 0.181. The molecule has 0 bridgehead atoms. The molecule has 1 N–H and O–H groups in total. The van der Waals surface area contributed by atoms with Gasteiger partial charge in [0.25, 0.3) is 0 Å². The molecule has 2 fully saturated rings. The van der Waals surface area contributed by atoms with Crippen LogP contribution in [0.3, 0.4) is 0 Å². The van der Waals surface area contributed by atoms with E-state index in [0.717, 1.165) is 45.1 Å². The molecule has 3 atom stereocenters. The second kappa shape index (κ2) is 6.78. The zero-order chi connectivity index (χ0) is 14.8. The third-order valence-electron chi connectivity index (χ3n) is 5.43. The maximum Gasteiger partial charge on any atom is 0.157 e. The second-order valence-electron chi connectivity index (χ2n) is 7.02. The summed E-state index contributed by atoms with van der Waals surface area (Å²) in [6.45, 7) is 7.41. The molecule has 0 radical (unpaired) electrons. The number of hydrogen-bond donors (Lipinski definition) is 1. The maximum atomic E-state index is 13.0. The lowest BCUT2D eigenvalue weighted by atomic mass is 9.79. The van der Waals surface area contributed by atoms with Crippen LogP contribution in [0.25, 0.3) is 0 Å². The van der Waals surface area contributed by atoms with Crippen LogP contribution >= 0.6 is 0 Å². The summed E-state index contributed by atoms with van der Waals surface area (Å²) < 4.78 is 26.0. The standard InChI is InChI=1S/C16H31NO2S/c1-4-17-15-10-9-13(12(2)3)11-16(15)20(18,19)14-7-5-6-8-14/h12-17H,4-11H2,1-3H3. The molecule has 2 rings (SSSR count). The number of rotatable bonds is 5. The van der Waals surface area contributed by atoms with Crippen molar-refractivity contribution in [2.24, 2.45) is 11.8 Å². The lowest BCUT2D eigenvalue weighted by Crippen LogP contribution is -2.50. The van der Waals surface area contributed by atoms with Crippen LogP contribution in [0.15, 0.2) is 0 Å². The van der Waals surface area contributed by atoms with E-state index < -0.39 is 9.84 Å². The molecule has 3 nitrogen and oxygen atoms in total. The summed E-state index contributed by atoms with van der Waals surface area (Å²) in [7, 11) is -2.96. The van der Waals surface area contributed by atoms with Gasteiger partial charge < -0.3 is 5.32 Å². The van der Waals surface area contributed by atoms with Crippen molar-refractivity contribution in [3.63, 3.8) is 0 Å². The van der Waals surface area contributed by atoms with Gasteiger partial charge in [0, 0.05) is 6.04 Å². The Morgan fingerprint density at radius 3 is 2.30 bits per heavy atom. The van der Waals surface area contributed by atoms with Gasteiger partial charge in [0.05, 0.1) is 10.5 Å². The molecular formula is C16H31NO2S. The normalized spacial score (nSPS) is 32.9. The Labute approximate surface area is 124 Å². The van der Waals surface area contributed by atoms with Crippen molar-refractivity contribution in [2.75, 3.05) is 6.54 Å². The highest BCUT2D eigenvalue weighted by Crippen LogP contribution is 2.37.